The first-order chi connectivity index (χ1) is 8.31. The van der Waals surface area contributed by atoms with Gasteiger partial charge in [0.1, 0.15) is 10.0 Å². The average Bonchev–Trinajstić information content (AvgIpc) is 3.06. The van der Waals surface area contributed by atoms with Crippen LogP contribution < -0.4 is 5.32 Å². The van der Waals surface area contributed by atoms with Gasteiger partial charge in [0.05, 0.1) is 0 Å². The van der Waals surface area contributed by atoms with E-state index >= 15 is 0 Å². The average molecular weight is 266 g/mol. The summed E-state index contributed by atoms with van der Waals surface area (Å²) in [5, 5.41) is 14.6. The van der Waals surface area contributed by atoms with E-state index in [0.717, 1.165) is 27.1 Å². The Morgan fingerprint density at radius 2 is 2.00 bits per heavy atom. The molecule has 17 heavy (non-hydrogen) atoms. The molecular formula is C12H12ClN3S. The Bertz CT molecular complexity index is 505. The van der Waals surface area contributed by atoms with Crippen molar-refractivity contribution in [2.24, 2.45) is 0 Å². The second-order valence-corrected chi connectivity index (χ2v) is 5.66. The molecule has 2 aromatic rings. The number of hydrogen-bond donors (Lipinski definition) is 1. The van der Waals surface area contributed by atoms with Gasteiger partial charge in [-0.2, -0.15) is 0 Å². The molecule has 0 amide bonds. The lowest BCUT2D eigenvalue weighted by atomic mass is 10.2. The second-order valence-electron chi connectivity index (χ2n) is 4.16. The topological polar surface area (TPSA) is 37.8 Å². The highest BCUT2D eigenvalue weighted by Gasteiger charge is 2.20. The lowest BCUT2D eigenvalue weighted by Gasteiger charge is -1.96. The zero-order valence-corrected chi connectivity index (χ0v) is 10.8. The Hall–Kier alpha value is -0.970. The molecule has 5 heteroatoms. The third kappa shape index (κ3) is 2.83. The summed E-state index contributed by atoms with van der Waals surface area (Å²) in [6.07, 6.45) is 2.59. The molecule has 0 aliphatic heterocycles. The minimum Gasteiger partial charge on any atom is -0.308 e. The molecule has 1 N–H and O–H groups in total. The minimum atomic E-state index is 0.706. The molecule has 3 nitrogen and oxygen atoms in total. The Morgan fingerprint density at radius 3 is 2.71 bits per heavy atom. The van der Waals surface area contributed by atoms with E-state index in [0.29, 0.717) is 6.04 Å². The summed E-state index contributed by atoms with van der Waals surface area (Å²) in [6, 6.07) is 8.40. The molecule has 1 aromatic heterocycles. The van der Waals surface area contributed by atoms with Gasteiger partial charge in [-0.15, -0.1) is 10.2 Å². The summed E-state index contributed by atoms with van der Waals surface area (Å²) in [6.45, 7) is 0.829. The number of halogens is 1. The van der Waals surface area contributed by atoms with E-state index in [2.05, 4.69) is 15.5 Å². The maximum atomic E-state index is 5.85. The highest BCUT2D eigenvalue weighted by Crippen LogP contribution is 2.25. The SMILES string of the molecule is Clc1ccc(-c2nnc(CNC3CC3)s2)cc1. The molecule has 88 valence electrons. The van der Waals surface area contributed by atoms with Gasteiger partial charge in [-0.1, -0.05) is 35.1 Å². The van der Waals surface area contributed by atoms with Crippen LogP contribution >= 0.6 is 22.9 Å². The van der Waals surface area contributed by atoms with Crippen LogP contribution in [0.2, 0.25) is 5.02 Å². The van der Waals surface area contributed by atoms with Crippen molar-refractivity contribution in [3.05, 3.63) is 34.3 Å². The fourth-order valence-electron chi connectivity index (χ4n) is 1.55. The first-order valence-electron chi connectivity index (χ1n) is 5.63. The maximum Gasteiger partial charge on any atom is 0.147 e. The zero-order valence-electron chi connectivity index (χ0n) is 9.19. The first kappa shape index (κ1) is 11.1. The van der Waals surface area contributed by atoms with Crippen molar-refractivity contribution >= 4 is 22.9 Å². The van der Waals surface area contributed by atoms with Crippen molar-refractivity contribution in [2.75, 3.05) is 0 Å². The van der Waals surface area contributed by atoms with Crippen molar-refractivity contribution in [2.45, 2.75) is 25.4 Å². The van der Waals surface area contributed by atoms with Gasteiger partial charge in [0.25, 0.3) is 0 Å². The summed E-state index contributed by atoms with van der Waals surface area (Å²) in [5.41, 5.74) is 1.07. The Balaban J connectivity index is 1.72. The summed E-state index contributed by atoms with van der Waals surface area (Å²) < 4.78 is 0. The van der Waals surface area contributed by atoms with Gasteiger partial charge < -0.3 is 5.32 Å². The highest BCUT2D eigenvalue weighted by atomic mass is 35.5. The van der Waals surface area contributed by atoms with Gasteiger partial charge in [0, 0.05) is 23.2 Å². The quantitative estimate of drug-likeness (QED) is 0.923. The van der Waals surface area contributed by atoms with Gasteiger partial charge in [-0.05, 0) is 25.0 Å². The molecule has 0 saturated heterocycles. The van der Waals surface area contributed by atoms with Crippen LogP contribution in [0.15, 0.2) is 24.3 Å². The number of aromatic nitrogens is 2. The van der Waals surface area contributed by atoms with Gasteiger partial charge in [0.2, 0.25) is 0 Å². The maximum absolute atomic E-state index is 5.85. The Morgan fingerprint density at radius 1 is 1.24 bits per heavy atom. The molecule has 0 unspecified atom stereocenters. The lowest BCUT2D eigenvalue weighted by molar-refractivity contribution is 0.679. The lowest BCUT2D eigenvalue weighted by Crippen LogP contribution is -2.14. The van der Waals surface area contributed by atoms with Crippen LogP contribution in [0.25, 0.3) is 10.6 Å². The van der Waals surface area contributed by atoms with E-state index in [1.807, 2.05) is 24.3 Å². The highest BCUT2D eigenvalue weighted by molar-refractivity contribution is 7.14. The van der Waals surface area contributed by atoms with Crippen molar-refractivity contribution < 1.29 is 0 Å². The van der Waals surface area contributed by atoms with Crippen LogP contribution in [0.4, 0.5) is 0 Å². The van der Waals surface area contributed by atoms with Crippen LogP contribution in [0.5, 0.6) is 0 Å². The van der Waals surface area contributed by atoms with Gasteiger partial charge in [-0.25, -0.2) is 0 Å². The fraction of sp³-hybridized carbons (Fsp3) is 0.333. The zero-order chi connectivity index (χ0) is 11.7. The number of rotatable bonds is 4. The van der Waals surface area contributed by atoms with E-state index in [1.54, 1.807) is 11.3 Å². The Labute approximate surface area is 109 Å². The molecule has 0 atom stereocenters. The van der Waals surface area contributed by atoms with E-state index in [4.69, 9.17) is 11.6 Å². The summed E-state index contributed by atoms with van der Waals surface area (Å²) >= 11 is 7.49. The molecule has 1 fully saturated rings. The summed E-state index contributed by atoms with van der Waals surface area (Å²) in [5.74, 6) is 0. The molecule has 1 heterocycles. The second kappa shape index (κ2) is 4.72. The minimum absolute atomic E-state index is 0.706. The molecule has 3 rings (SSSR count). The van der Waals surface area contributed by atoms with E-state index in [-0.39, 0.29) is 0 Å². The van der Waals surface area contributed by atoms with E-state index in [1.165, 1.54) is 12.8 Å². The molecule has 0 bridgehead atoms. The van der Waals surface area contributed by atoms with Gasteiger partial charge in [0.15, 0.2) is 0 Å². The van der Waals surface area contributed by atoms with Crippen LogP contribution in [0.3, 0.4) is 0 Å². The molecule has 0 spiro atoms. The Kier molecular flexibility index (Phi) is 3.09. The summed E-state index contributed by atoms with van der Waals surface area (Å²) in [4.78, 5) is 0. The van der Waals surface area contributed by atoms with Crippen LogP contribution in [-0.2, 0) is 6.54 Å². The van der Waals surface area contributed by atoms with Crippen LogP contribution in [0.1, 0.15) is 17.8 Å². The van der Waals surface area contributed by atoms with Crippen molar-refractivity contribution in [3.63, 3.8) is 0 Å². The monoisotopic (exact) mass is 265 g/mol. The molecule has 1 saturated carbocycles. The third-order valence-electron chi connectivity index (χ3n) is 2.68. The molecule has 1 aromatic carbocycles. The third-order valence-corrected chi connectivity index (χ3v) is 3.90. The fourth-order valence-corrected chi connectivity index (χ4v) is 2.48. The van der Waals surface area contributed by atoms with Crippen molar-refractivity contribution in [1.29, 1.82) is 0 Å². The predicted molar refractivity (Wildman–Crippen MR) is 70.2 cm³/mol. The molecular weight excluding hydrogens is 254 g/mol. The van der Waals surface area contributed by atoms with Crippen molar-refractivity contribution in [1.82, 2.24) is 15.5 Å². The number of benzene rings is 1. The first-order valence-corrected chi connectivity index (χ1v) is 6.82. The number of nitrogens with one attached hydrogen (secondary N) is 1. The standard InChI is InChI=1S/C12H12ClN3S/c13-9-3-1-8(2-4-9)12-16-15-11(17-12)7-14-10-5-6-10/h1-4,10,14H,5-7H2. The van der Waals surface area contributed by atoms with Gasteiger partial charge >= 0.3 is 0 Å². The normalized spacial score (nSPS) is 15.1. The van der Waals surface area contributed by atoms with E-state index in [9.17, 15) is 0 Å². The molecule has 1 aliphatic carbocycles. The van der Waals surface area contributed by atoms with Gasteiger partial charge in [-0.3, -0.25) is 0 Å². The van der Waals surface area contributed by atoms with Crippen molar-refractivity contribution in [3.8, 4) is 10.6 Å². The molecule has 1 aliphatic rings. The van der Waals surface area contributed by atoms with E-state index < -0.39 is 0 Å². The summed E-state index contributed by atoms with van der Waals surface area (Å²) in [7, 11) is 0. The van der Waals surface area contributed by atoms with Crippen LogP contribution in [0, 0.1) is 0 Å². The van der Waals surface area contributed by atoms with Crippen LogP contribution in [-0.4, -0.2) is 16.2 Å². The predicted octanol–water partition coefficient (Wildman–Crippen LogP) is 3.11. The largest absolute Gasteiger partial charge is 0.308 e. The molecule has 0 radical (unpaired) electrons. The number of nitrogens with zero attached hydrogens (tertiary/aromatic N) is 2. The smallest absolute Gasteiger partial charge is 0.147 e. The number of hydrogen-bond acceptors (Lipinski definition) is 4.